The van der Waals surface area contributed by atoms with E-state index in [0.29, 0.717) is 23.0 Å². The molecule has 0 aromatic heterocycles. The number of rotatable bonds is 5. The molecule has 2 N–H and O–H groups in total. The van der Waals surface area contributed by atoms with Crippen molar-refractivity contribution in [2.24, 2.45) is 5.92 Å². The van der Waals surface area contributed by atoms with E-state index < -0.39 is 0 Å². The van der Waals surface area contributed by atoms with Crippen LogP contribution in [0.2, 0.25) is 0 Å². The fourth-order valence-electron chi connectivity index (χ4n) is 3.88. The largest absolute Gasteiger partial charge is 0.502 e. The van der Waals surface area contributed by atoms with Crippen LogP contribution in [0.1, 0.15) is 36.5 Å². The third kappa shape index (κ3) is 2.99. The maximum Gasteiger partial charge on any atom is 0.201 e. The maximum atomic E-state index is 10.5. The van der Waals surface area contributed by atoms with Gasteiger partial charge in [-0.1, -0.05) is 18.6 Å². The van der Waals surface area contributed by atoms with Gasteiger partial charge in [-0.15, -0.1) is 0 Å². The number of fused-ring (bicyclic) bond motifs is 1. The number of methoxy groups -OCH3 is 4. The molecule has 0 saturated heterocycles. The molecule has 28 heavy (non-hydrogen) atoms. The molecule has 1 aliphatic rings. The van der Waals surface area contributed by atoms with Gasteiger partial charge in [0.1, 0.15) is 0 Å². The van der Waals surface area contributed by atoms with E-state index in [1.807, 2.05) is 24.3 Å². The number of phenols is 2. The van der Waals surface area contributed by atoms with Crippen LogP contribution in [0.4, 0.5) is 0 Å². The number of phenolic OH excluding ortho intramolecular Hbond substituents is 2. The van der Waals surface area contributed by atoms with Crippen molar-refractivity contribution in [1.82, 2.24) is 0 Å². The molecule has 0 unspecified atom stereocenters. The van der Waals surface area contributed by atoms with E-state index in [1.165, 1.54) is 28.4 Å². The summed E-state index contributed by atoms with van der Waals surface area (Å²) in [5.41, 5.74) is 3.83. The Hall–Kier alpha value is -3.02. The number of aromatic hydroxyl groups is 2. The molecule has 0 fully saturated rings. The van der Waals surface area contributed by atoms with Crippen LogP contribution in [0.5, 0.6) is 34.5 Å². The lowest BCUT2D eigenvalue weighted by molar-refractivity contribution is 0.336. The van der Waals surface area contributed by atoms with Crippen molar-refractivity contribution in [3.05, 3.63) is 40.5 Å². The second-order valence-corrected chi connectivity index (χ2v) is 6.89. The highest BCUT2D eigenvalue weighted by Gasteiger charge is 2.33. The maximum absolute atomic E-state index is 10.5. The number of hydrogen-bond acceptors (Lipinski definition) is 6. The minimum Gasteiger partial charge on any atom is -0.502 e. The first-order valence-corrected chi connectivity index (χ1v) is 8.98. The Kier molecular flexibility index (Phi) is 5.31. The molecule has 150 valence electrons. The first-order chi connectivity index (χ1) is 13.4. The van der Waals surface area contributed by atoms with Crippen molar-refractivity contribution in [2.45, 2.75) is 19.8 Å². The van der Waals surface area contributed by atoms with Gasteiger partial charge in [-0.25, -0.2) is 0 Å². The predicted molar refractivity (Wildman–Crippen MR) is 107 cm³/mol. The van der Waals surface area contributed by atoms with Crippen LogP contribution in [0.3, 0.4) is 0 Å². The summed E-state index contributed by atoms with van der Waals surface area (Å²) in [6.07, 6.45) is 2.03. The highest BCUT2D eigenvalue weighted by atomic mass is 16.5. The minimum atomic E-state index is -0.0770. The summed E-state index contributed by atoms with van der Waals surface area (Å²) in [7, 11) is 6.05. The van der Waals surface area contributed by atoms with Crippen molar-refractivity contribution >= 4 is 6.08 Å². The Bertz CT molecular complexity index is 906. The molecule has 0 amide bonds. The molecule has 2 atom stereocenters. The summed E-state index contributed by atoms with van der Waals surface area (Å²) in [5, 5.41) is 20.8. The van der Waals surface area contributed by atoms with E-state index in [0.717, 1.165) is 22.3 Å². The van der Waals surface area contributed by atoms with Gasteiger partial charge in [-0.2, -0.15) is 0 Å². The van der Waals surface area contributed by atoms with Crippen molar-refractivity contribution < 1.29 is 29.2 Å². The molecule has 1 aliphatic carbocycles. The summed E-state index contributed by atoms with van der Waals surface area (Å²) in [6, 6.07) is 5.46. The topological polar surface area (TPSA) is 77.4 Å². The minimum absolute atomic E-state index is 0.0260. The van der Waals surface area contributed by atoms with Gasteiger partial charge < -0.3 is 29.2 Å². The van der Waals surface area contributed by atoms with Gasteiger partial charge in [0.05, 0.1) is 28.4 Å². The van der Waals surface area contributed by atoms with Crippen LogP contribution in [-0.2, 0) is 0 Å². The Balaban J connectivity index is 2.31. The van der Waals surface area contributed by atoms with E-state index in [1.54, 1.807) is 0 Å². The Labute approximate surface area is 164 Å². The van der Waals surface area contributed by atoms with Crippen molar-refractivity contribution in [3.8, 4) is 34.5 Å². The van der Waals surface area contributed by atoms with Gasteiger partial charge in [-0.05, 0) is 42.2 Å². The third-order valence-corrected chi connectivity index (χ3v) is 5.50. The fourth-order valence-corrected chi connectivity index (χ4v) is 3.88. The second-order valence-electron chi connectivity index (χ2n) is 6.89. The third-order valence-electron chi connectivity index (χ3n) is 5.50. The summed E-state index contributed by atoms with van der Waals surface area (Å²) in [5.74, 6) is 1.42. The van der Waals surface area contributed by atoms with E-state index in [-0.39, 0.29) is 23.3 Å². The van der Waals surface area contributed by atoms with E-state index in [2.05, 4.69) is 13.8 Å². The molecule has 0 heterocycles. The molecular formula is C22H26O6. The lowest BCUT2D eigenvalue weighted by Crippen LogP contribution is -2.18. The van der Waals surface area contributed by atoms with Crippen molar-refractivity contribution in [2.75, 3.05) is 28.4 Å². The Morgan fingerprint density at radius 3 is 1.82 bits per heavy atom. The molecule has 0 bridgehead atoms. The van der Waals surface area contributed by atoms with Gasteiger partial charge in [0.25, 0.3) is 0 Å². The zero-order chi connectivity index (χ0) is 20.6. The summed E-state index contributed by atoms with van der Waals surface area (Å²) >= 11 is 0. The van der Waals surface area contributed by atoms with Gasteiger partial charge >= 0.3 is 0 Å². The van der Waals surface area contributed by atoms with Gasteiger partial charge in [0.2, 0.25) is 11.5 Å². The monoisotopic (exact) mass is 386 g/mol. The molecule has 0 saturated carbocycles. The Morgan fingerprint density at radius 1 is 0.786 bits per heavy atom. The van der Waals surface area contributed by atoms with Crippen molar-refractivity contribution in [3.63, 3.8) is 0 Å². The van der Waals surface area contributed by atoms with Crippen LogP contribution in [-0.4, -0.2) is 38.7 Å². The second kappa shape index (κ2) is 7.54. The summed E-state index contributed by atoms with van der Waals surface area (Å²) in [6.45, 7) is 4.19. The summed E-state index contributed by atoms with van der Waals surface area (Å²) in [4.78, 5) is 0. The van der Waals surface area contributed by atoms with Gasteiger partial charge in [-0.3, -0.25) is 0 Å². The number of benzene rings is 2. The van der Waals surface area contributed by atoms with Crippen LogP contribution >= 0.6 is 0 Å². The molecule has 0 spiro atoms. The number of hydrogen-bond donors (Lipinski definition) is 2. The van der Waals surface area contributed by atoms with E-state index >= 15 is 0 Å². The quantitative estimate of drug-likeness (QED) is 0.797. The Morgan fingerprint density at radius 2 is 1.32 bits per heavy atom. The number of allylic oxidation sites excluding steroid dienone is 1. The van der Waals surface area contributed by atoms with Gasteiger partial charge in [0.15, 0.2) is 23.0 Å². The zero-order valence-electron chi connectivity index (χ0n) is 17.0. The highest BCUT2D eigenvalue weighted by Crippen LogP contribution is 2.52. The lowest BCUT2D eigenvalue weighted by atomic mass is 9.72. The lowest BCUT2D eigenvalue weighted by Gasteiger charge is -2.33. The van der Waals surface area contributed by atoms with Crippen molar-refractivity contribution in [1.29, 1.82) is 0 Å². The first kappa shape index (κ1) is 19.7. The van der Waals surface area contributed by atoms with Gasteiger partial charge in [0, 0.05) is 11.5 Å². The molecular weight excluding hydrogens is 360 g/mol. The zero-order valence-corrected chi connectivity index (χ0v) is 17.0. The molecule has 2 aromatic carbocycles. The van der Waals surface area contributed by atoms with E-state index in [9.17, 15) is 10.2 Å². The average molecular weight is 386 g/mol. The fraction of sp³-hybridized carbons (Fsp3) is 0.364. The smallest absolute Gasteiger partial charge is 0.201 e. The SMILES string of the molecule is COc1cc([C@H]2c3cc(OC)c(O)c(OC)c3C=C(C)[C@@H]2C)cc(OC)c1O. The average Bonchev–Trinajstić information content (AvgIpc) is 2.69. The van der Waals surface area contributed by atoms with Crippen LogP contribution in [0.15, 0.2) is 23.8 Å². The van der Waals surface area contributed by atoms with Crippen LogP contribution in [0.25, 0.3) is 6.08 Å². The molecule has 3 rings (SSSR count). The van der Waals surface area contributed by atoms with Crippen LogP contribution in [0, 0.1) is 5.92 Å². The normalized spacial score (nSPS) is 18.1. The first-order valence-electron chi connectivity index (χ1n) is 8.98. The molecule has 0 radical (unpaired) electrons. The predicted octanol–water partition coefficient (Wildman–Crippen LogP) is 4.32. The standard InChI is InChI=1S/C22H26O6/c1-11-7-15-14(10-18(27-5)21(24)22(15)28-6)19(12(11)2)13-8-16(25-3)20(23)17(9-13)26-4/h7-10,12,19,23-24H,1-6H3/t12-,19-/m0/s1. The summed E-state index contributed by atoms with van der Waals surface area (Å²) < 4.78 is 21.6. The number of ether oxygens (including phenoxy) is 4. The molecule has 6 heteroatoms. The molecule has 2 aromatic rings. The highest BCUT2D eigenvalue weighted by molar-refractivity contribution is 5.74. The van der Waals surface area contributed by atoms with Crippen LogP contribution < -0.4 is 18.9 Å². The molecule has 0 aliphatic heterocycles. The van der Waals surface area contributed by atoms with E-state index in [4.69, 9.17) is 18.9 Å². The molecule has 6 nitrogen and oxygen atoms in total.